The maximum Gasteiger partial charge on any atom is 0.0525 e. The third-order valence-corrected chi connectivity index (χ3v) is 5.23. The second-order valence-electron chi connectivity index (χ2n) is 6.82. The number of aliphatic hydroxyl groups is 1. The van der Waals surface area contributed by atoms with Crippen molar-refractivity contribution in [1.29, 1.82) is 0 Å². The molecular weight excluding hydrogens is 288 g/mol. The number of anilines is 1. The number of likely N-dealkylation sites (tertiary alicyclic amines) is 1. The van der Waals surface area contributed by atoms with Crippen LogP contribution in [0.1, 0.15) is 22.6 Å². The van der Waals surface area contributed by atoms with Gasteiger partial charge in [0.25, 0.3) is 0 Å². The Hall–Kier alpha value is -1.85. The second-order valence-corrected chi connectivity index (χ2v) is 6.82. The van der Waals surface area contributed by atoms with Gasteiger partial charge in [0.15, 0.2) is 0 Å². The summed E-state index contributed by atoms with van der Waals surface area (Å²) in [5.41, 5.74) is 5.39. The number of aromatic nitrogens is 2. The lowest BCUT2D eigenvalue weighted by Crippen LogP contribution is -2.21. The molecule has 2 atom stereocenters. The van der Waals surface area contributed by atoms with E-state index in [4.69, 9.17) is 0 Å². The minimum atomic E-state index is 0.237. The molecular formula is C18H24N4O. The lowest BCUT2D eigenvalue weighted by atomic mass is 9.92. The Labute approximate surface area is 136 Å². The molecule has 0 radical (unpaired) electrons. The predicted molar refractivity (Wildman–Crippen MR) is 90.4 cm³/mol. The van der Waals surface area contributed by atoms with Gasteiger partial charge in [-0.05, 0) is 23.1 Å². The number of nitrogens with one attached hydrogen (secondary N) is 1. The Bertz CT molecular complexity index is 696. The third-order valence-electron chi connectivity index (χ3n) is 5.23. The van der Waals surface area contributed by atoms with Crippen LogP contribution in [0.4, 0.5) is 5.69 Å². The number of fused-ring (bicyclic) bond motifs is 1. The van der Waals surface area contributed by atoms with Crippen molar-refractivity contribution in [2.24, 2.45) is 13.0 Å². The number of aryl methyl sites for hydroxylation is 1. The summed E-state index contributed by atoms with van der Waals surface area (Å²) in [6.45, 7) is 4.16. The van der Waals surface area contributed by atoms with Crippen LogP contribution in [0.3, 0.4) is 0 Å². The van der Waals surface area contributed by atoms with Crippen LogP contribution in [0.25, 0.3) is 0 Å². The standard InChI is InChI=1S/C18H24N4O/c1-21-8-15(7-20-21)17-11-22(10-16(17)12-23)9-14-4-2-3-13-5-6-19-18(13)14/h2-4,7-8,16-17,19,23H,5-6,9-12H2,1H3/t16-,17-/m0/s1. The average molecular weight is 312 g/mol. The van der Waals surface area contributed by atoms with Gasteiger partial charge in [0.05, 0.1) is 6.20 Å². The molecule has 122 valence electrons. The fourth-order valence-electron chi connectivity index (χ4n) is 4.07. The van der Waals surface area contributed by atoms with E-state index >= 15 is 0 Å². The van der Waals surface area contributed by atoms with Crippen molar-refractivity contribution in [3.8, 4) is 0 Å². The topological polar surface area (TPSA) is 53.3 Å². The molecule has 5 nitrogen and oxygen atoms in total. The van der Waals surface area contributed by atoms with Crippen LogP contribution in [0, 0.1) is 5.92 Å². The lowest BCUT2D eigenvalue weighted by Gasteiger charge is -2.18. The smallest absolute Gasteiger partial charge is 0.0525 e. The molecule has 23 heavy (non-hydrogen) atoms. The molecule has 3 heterocycles. The monoisotopic (exact) mass is 312 g/mol. The first-order valence-electron chi connectivity index (χ1n) is 8.41. The zero-order valence-electron chi connectivity index (χ0n) is 13.6. The van der Waals surface area contributed by atoms with Gasteiger partial charge < -0.3 is 10.4 Å². The number of para-hydroxylation sites is 1. The SMILES string of the molecule is Cn1cc([C@@H]2CN(Cc3cccc4c3NCC4)C[C@H]2CO)cn1. The van der Waals surface area contributed by atoms with Crippen molar-refractivity contribution < 1.29 is 5.11 Å². The molecule has 0 spiro atoms. The first-order valence-corrected chi connectivity index (χ1v) is 8.41. The maximum absolute atomic E-state index is 9.78. The molecule has 0 aliphatic carbocycles. The second kappa shape index (κ2) is 5.98. The first-order chi connectivity index (χ1) is 11.2. The predicted octanol–water partition coefficient (Wildman–Crippen LogP) is 1.60. The van der Waals surface area contributed by atoms with Crippen molar-refractivity contribution >= 4 is 5.69 Å². The van der Waals surface area contributed by atoms with Crippen LogP contribution in [0.5, 0.6) is 0 Å². The summed E-state index contributed by atoms with van der Waals surface area (Å²) in [4.78, 5) is 2.47. The minimum absolute atomic E-state index is 0.237. The molecule has 0 saturated carbocycles. The highest BCUT2D eigenvalue weighted by Crippen LogP contribution is 2.34. The molecule has 2 aliphatic heterocycles. The van der Waals surface area contributed by atoms with Gasteiger partial charge in [0, 0.05) is 63.6 Å². The highest BCUT2D eigenvalue weighted by molar-refractivity contribution is 5.61. The van der Waals surface area contributed by atoms with Gasteiger partial charge in [-0.3, -0.25) is 9.58 Å². The Balaban J connectivity index is 1.52. The van der Waals surface area contributed by atoms with Crippen LogP contribution in [0.2, 0.25) is 0 Å². The van der Waals surface area contributed by atoms with Gasteiger partial charge in [-0.15, -0.1) is 0 Å². The summed E-state index contributed by atoms with van der Waals surface area (Å²) < 4.78 is 1.85. The molecule has 4 rings (SSSR count). The minimum Gasteiger partial charge on any atom is -0.396 e. The Kier molecular flexibility index (Phi) is 3.83. The summed E-state index contributed by atoms with van der Waals surface area (Å²) in [5, 5.41) is 17.6. The van der Waals surface area contributed by atoms with E-state index in [1.54, 1.807) is 0 Å². The molecule has 1 aromatic heterocycles. The van der Waals surface area contributed by atoms with Crippen molar-refractivity contribution in [1.82, 2.24) is 14.7 Å². The zero-order valence-corrected chi connectivity index (χ0v) is 13.6. The van der Waals surface area contributed by atoms with E-state index in [0.29, 0.717) is 11.8 Å². The van der Waals surface area contributed by atoms with Crippen LogP contribution < -0.4 is 5.32 Å². The molecule has 0 amide bonds. The van der Waals surface area contributed by atoms with E-state index in [1.807, 2.05) is 17.9 Å². The molecule has 0 bridgehead atoms. The molecule has 2 N–H and O–H groups in total. The number of hydrogen-bond acceptors (Lipinski definition) is 4. The number of benzene rings is 1. The summed E-state index contributed by atoms with van der Waals surface area (Å²) in [6.07, 6.45) is 5.15. The number of nitrogens with zero attached hydrogens (tertiary/aromatic N) is 3. The van der Waals surface area contributed by atoms with E-state index in [9.17, 15) is 5.11 Å². The van der Waals surface area contributed by atoms with Gasteiger partial charge in [-0.25, -0.2) is 0 Å². The van der Waals surface area contributed by atoms with Gasteiger partial charge in [-0.1, -0.05) is 18.2 Å². The van der Waals surface area contributed by atoms with E-state index in [-0.39, 0.29) is 6.61 Å². The van der Waals surface area contributed by atoms with Crippen molar-refractivity contribution in [3.05, 3.63) is 47.3 Å². The van der Waals surface area contributed by atoms with E-state index < -0.39 is 0 Å². The average Bonchev–Trinajstić information content (AvgIpc) is 3.26. The molecule has 1 aromatic carbocycles. The molecule has 2 aliphatic rings. The largest absolute Gasteiger partial charge is 0.396 e. The molecule has 2 aromatic rings. The highest BCUT2D eigenvalue weighted by atomic mass is 16.3. The Morgan fingerprint density at radius 3 is 3.04 bits per heavy atom. The number of hydrogen-bond donors (Lipinski definition) is 2. The summed E-state index contributed by atoms with van der Waals surface area (Å²) in [5.74, 6) is 0.669. The van der Waals surface area contributed by atoms with Crippen LogP contribution in [-0.4, -0.2) is 46.0 Å². The van der Waals surface area contributed by atoms with Gasteiger partial charge in [0.2, 0.25) is 0 Å². The Morgan fingerprint density at radius 2 is 2.26 bits per heavy atom. The van der Waals surface area contributed by atoms with Crippen LogP contribution in [-0.2, 0) is 20.0 Å². The zero-order chi connectivity index (χ0) is 15.8. The van der Waals surface area contributed by atoms with Crippen molar-refractivity contribution in [3.63, 3.8) is 0 Å². The molecule has 0 unspecified atom stereocenters. The maximum atomic E-state index is 9.78. The molecule has 1 fully saturated rings. The third kappa shape index (κ3) is 2.75. The summed E-state index contributed by atoms with van der Waals surface area (Å²) >= 11 is 0. The van der Waals surface area contributed by atoms with Gasteiger partial charge in [-0.2, -0.15) is 5.10 Å². The van der Waals surface area contributed by atoms with Crippen molar-refractivity contribution in [2.45, 2.75) is 18.9 Å². The van der Waals surface area contributed by atoms with E-state index in [1.165, 1.54) is 22.4 Å². The molecule has 1 saturated heterocycles. The summed E-state index contributed by atoms with van der Waals surface area (Å²) in [7, 11) is 1.95. The fraction of sp³-hybridized carbons (Fsp3) is 0.500. The fourth-order valence-corrected chi connectivity index (χ4v) is 4.07. The van der Waals surface area contributed by atoms with E-state index in [0.717, 1.165) is 32.6 Å². The van der Waals surface area contributed by atoms with Crippen LogP contribution in [0.15, 0.2) is 30.6 Å². The lowest BCUT2D eigenvalue weighted by molar-refractivity contribution is 0.214. The van der Waals surface area contributed by atoms with E-state index in [2.05, 4.69) is 39.7 Å². The normalized spacial score (nSPS) is 23.9. The van der Waals surface area contributed by atoms with Gasteiger partial charge >= 0.3 is 0 Å². The summed E-state index contributed by atoms with van der Waals surface area (Å²) in [6, 6.07) is 6.61. The number of rotatable bonds is 4. The van der Waals surface area contributed by atoms with Crippen molar-refractivity contribution in [2.75, 3.05) is 31.6 Å². The molecule has 5 heteroatoms. The number of aliphatic hydroxyl groups excluding tert-OH is 1. The van der Waals surface area contributed by atoms with Gasteiger partial charge in [0.1, 0.15) is 0 Å². The quantitative estimate of drug-likeness (QED) is 0.900. The highest BCUT2D eigenvalue weighted by Gasteiger charge is 2.34. The Morgan fingerprint density at radius 1 is 1.35 bits per heavy atom. The van der Waals surface area contributed by atoms with Crippen LogP contribution >= 0.6 is 0 Å². The first kappa shape index (κ1) is 14.7.